The average molecular weight is 221 g/mol. The zero-order chi connectivity index (χ0) is 8.72. The van der Waals surface area contributed by atoms with E-state index in [0.717, 1.165) is 11.3 Å². The highest BCUT2D eigenvalue weighted by Gasteiger charge is 2.07. The Morgan fingerprint density at radius 3 is 2.50 bits per heavy atom. The molecule has 1 aromatic carbocycles. The van der Waals surface area contributed by atoms with Crippen LogP contribution in [-0.2, 0) is 0 Å². The summed E-state index contributed by atoms with van der Waals surface area (Å²) < 4.78 is 13.5. The molecule has 62 valence electrons. The van der Waals surface area contributed by atoms with Crippen LogP contribution in [0.5, 0.6) is 0 Å². The van der Waals surface area contributed by atoms with Gasteiger partial charge in [0.25, 0.3) is 0 Å². The second kappa shape index (κ2) is 2.87. The number of benzene rings is 1. The second-order valence-corrected chi connectivity index (χ2v) is 4.14. The fourth-order valence-corrected chi connectivity index (χ4v) is 2.39. The molecule has 0 N–H and O–H groups in total. The molecule has 0 radical (unpaired) electrons. The maximum absolute atomic E-state index is 12.8. The summed E-state index contributed by atoms with van der Waals surface area (Å²) in [5.74, 6) is 0. The molecule has 0 unspecified atom stereocenters. The Balaban J connectivity index is 2.93. The molecule has 0 atom stereocenters. The minimum Gasteiger partial charge on any atom is -0.195 e. The number of hydrogen-bond donors (Lipinski definition) is 0. The zero-order valence-corrected chi connectivity index (χ0v) is 8.10. The van der Waals surface area contributed by atoms with Crippen molar-refractivity contribution in [1.29, 1.82) is 0 Å². The molecule has 2 aromatic rings. The van der Waals surface area contributed by atoms with Crippen LogP contribution < -0.4 is 0 Å². The topological polar surface area (TPSA) is 0 Å². The van der Waals surface area contributed by atoms with E-state index in [4.69, 9.17) is 23.2 Å². The van der Waals surface area contributed by atoms with Gasteiger partial charge in [0.05, 0.1) is 9.72 Å². The molecule has 4 heteroatoms. The van der Waals surface area contributed by atoms with Crippen molar-refractivity contribution in [2.24, 2.45) is 0 Å². The summed E-state index contributed by atoms with van der Waals surface area (Å²) in [6.45, 7) is 0. The SMILES string of the molecule is Fc1cc2c(Cl)ccc(Cl)c2s1. The lowest BCUT2D eigenvalue weighted by molar-refractivity contribution is 0.658. The fraction of sp³-hybridized carbons (Fsp3) is 0. The van der Waals surface area contributed by atoms with Crippen molar-refractivity contribution in [3.63, 3.8) is 0 Å². The predicted molar refractivity (Wildman–Crippen MR) is 51.8 cm³/mol. The Labute approximate surface area is 82.5 Å². The Bertz CT molecular complexity index is 397. The van der Waals surface area contributed by atoms with Crippen LogP contribution in [0, 0.1) is 5.13 Å². The van der Waals surface area contributed by atoms with Gasteiger partial charge in [-0.15, -0.1) is 11.3 Å². The summed E-state index contributed by atoms with van der Waals surface area (Å²) in [4.78, 5) is 0. The lowest BCUT2D eigenvalue weighted by Gasteiger charge is -1.93. The van der Waals surface area contributed by atoms with E-state index in [1.54, 1.807) is 12.1 Å². The number of fused-ring (bicyclic) bond motifs is 1. The molecule has 0 fully saturated rings. The number of rotatable bonds is 0. The highest BCUT2D eigenvalue weighted by atomic mass is 35.5. The van der Waals surface area contributed by atoms with Gasteiger partial charge < -0.3 is 0 Å². The van der Waals surface area contributed by atoms with Crippen LogP contribution in [0.2, 0.25) is 10.0 Å². The van der Waals surface area contributed by atoms with E-state index in [2.05, 4.69) is 0 Å². The Kier molecular flexibility index (Phi) is 1.99. The first-order chi connectivity index (χ1) is 5.68. The van der Waals surface area contributed by atoms with Crippen LogP contribution >= 0.6 is 34.5 Å². The summed E-state index contributed by atoms with van der Waals surface area (Å²) in [5.41, 5.74) is 0. The largest absolute Gasteiger partial charge is 0.195 e. The van der Waals surface area contributed by atoms with Gasteiger partial charge in [-0.05, 0) is 18.2 Å². The van der Waals surface area contributed by atoms with Crippen molar-refractivity contribution in [2.45, 2.75) is 0 Å². The van der Waals surface area contributed by atoms with Gasteiger partial charge in [0.2, 0.25) is 0 Å². The van der Waals surface area contributed by atoms with Gasteiger partial charge >= 0.3 is 0 Å². The Hall–Kier alpha value is -0.310. The van der Waals surface area contributed by atoms with Crippen LogP contribution in [0.4, 0.5) is 4.39 Å². The van der Waals surface area contributed by atoms with Crippen LogP contribution in [-0.4, -0.2) is 0 Å². The van der Waals surface area contributed by atoms with Gasteiger partial charge in [0.1, 0.15) is 0 Å². The summed E-state index contributed by atoms with van der Waals surface area (Å²) >= 11 is 12.7. The molecular formula is C8H3Cl2FS. The molecule has 0 saturated carbocycles. The second-order valence-electron chi connectivity index (χ2n) is 2.32. The summed E-state index contributed by atoms with van der Waals surface area (Å²) in [6.07, 6.45) is 0. The normalized spacial score (nSPS) is 10.9. The number of thiophene rings is 1. The first kappa shape index (κ1) is 8.30. The molecule has 0 amide bonds. The maximum atomic E-state index is 12.8. The third kappa shape index (κ3) is 1.20. The predicted octanol–water partition coefficient (Wildman–Crippen LogP) is 4.35. The van der Waals surface area contributed by atoms with Gasteiger partial charge in [-0.2, -0.15) is 4.39 Å². The monoisotopic (exact) mass is 220 g/mol. The van der Waals surface area contributed by atoms with Gasteiger partial charge in [-0.1, -0.05) is 23.2 Å². The molecule has 1 heterocycles. The van der Waals surface area contributed by atoms with E-state index in [-0.39, 0.29) is 5.13 Å². The lowest BCUT2D eigenvalue weighted by atomic mass is 10.3. The third-order valence-corrected chi connectivity index (χ3v) is 3.27. The molecule has 0 nitrogen and oxygen atoms in total. The maximum Gasteiger partial charge on any atom is 0.177 e. The van der Waals surface area contributed by atoms with Gasteiger partial charge in [0.15, 0.2) is 5.13 Å². The molecule has 2 rings (SSSR count). The Morgan fingerprint density at radius 2 is 1.83 bits per heavy atom. The summed E-state index contributed by atoms with van der Waals surface area (Å²) in [5, 5.41) is 1.50. The highest BCUT2D eigenvalue weighted by Crippen LogP contribution is 2.35. The first-order valence-electron chi connectivity index (χ1n) is 3.21. The average Bonchev–Trinajstić information content (AvgIpc) is 2.41. The standard InChI is InChI=1S/C8H3Cl2FS/c9-5-1-2-6(10)8-4(5)3-7(11)12-8/h1-3H. The molecule has 0 aliphatic rings. The first-order valence-corrected chi connectivity index (χ1v) is 4.79. The van der Waals surface area contributed by atoms with Gasteiger partial charge in [0, 0.05) is 10.4 Å². The smallest absolute Gasteiger partial charge is 0.177 e. The summed E-state index contributed by atoms with van der Waals surface area (Å²) in [7, 11) is 0. The number of halogens is 3. The van der Waals surface area contributed by atoms with Crippen LogP contribution in [0.25, 0.3) is 10.1 Å². The van der Waals surface area contributed by atoms with Crippen molar-refractivity contribution in [1.82, 2.24) is 0 Å². The summed E-state index contributed by atoms with van der Waals surface area (Å²) in [6, 6.07) is 4.73. The Morgan fingerprint density at radius 1 is 1.17 bits per heavy atom. The third-order valence-electron chi connectivity index (χ3n) is 1.55. The minimum atomic E-state index is -0.264. The van der Waals surface area contributed by atoms with Crippen molar-refractivity contribution >= 4 is 44.6 Å². The minimum absolute atomic E-state index is 0.264. The molecule has 0 spiro atoms. The number of hydrogen-bond acceptors (Lipinski definition) is 1. The quantitative estimate of drug-likeness (QED) is 0.620. The molecule has 0 bridgehead atoms. The molecule has 0 aliphatic carbocycles. The van der Waals surface area contributed by atoms with E-state index in [1.165, 1.54) is 6.07 Å². The van der Waals surface area contributed by atoms with Crippen molar-refractivity contribution in [3.05, 3.63) is 33.4 Å². The van der Waals surface area contributed by atoms with E-state index >= 15 is 0 Å². The molecule has 1 aromatic heterocycles. The lowest BCUT2D eigenvalue weighted by Crippen LogP contribution is -1.67. The zero-order valence-electron chi connectivity index (χ0n) is 5.77. The van der Waals surface area contributed by atoms with E-state index in [0.29, 0.717) is 20.1 Å². The van der Waals surface area contributed by atoms with Crippen molar-refractivity contribution in [2.75, 3.05) is 0 Å². The van der Waals surface area contributed by atoms with E-state index in [1.807, 2.05) is 0 Å². The van der Waals surface area contributed by atoms with Crippen LogP contribution in [0.1, 0.15) is 0 Å². The molecular weight excluding hydrogens is 218 g/mol. The molecule has 12 heavy (non-hydrogen) atoms. The molecule has 0 aliphatic heterocycles. The molecule has 0 saturated heterocycles. The van der Waals surface area contributed by atoms with Gasteiger partial charge in [-0.25, -0.2) is 0 Å². The van der Waals surface area contributed by atoms with Gasteiger partial charge in [-0.3, -0.25) is 0 Å². The highest BCUT2D eigenvalue weighted by molar-refractivity contribution is 7.18. The van der Waals surface area contributed by atoms with E-state index in [9.17, 15) is 4.39 Å². The van der Waals surface area contributed by atoms with Crippen molar-refractivity contribution < 1.29 is 4.39 Å². The fourth-order valence-electron chi connectivity index (χ4n) is 1.03. The van der Waals surface area contributed by atoms with Crippen molar-refractivity contribution in [3.8, 4) is 0 Å². The van der Waals surface area contributed by atoms with E-state index < -0.39 is 0 Å². The van der Waals surface area contributed by atoms with Crippen LogP contribution in [0.15, 0.2) is 18.2 Å². The van der Waals surface area contributed by atoms with Crippen LogP contribution in [0.3, 0.4) is 0 Å².